The Labute approximate surface area is 98.3 Å². The highest BCUT2D eigenvalue weighted by molar-refractivity contribution is 7.99. The van der Waals surface area contributed by atoms with E-state index in [0.717, 1.165) is 0 Å². The van der Waals surface area contributed by atoms with Crippen LogP contribution in [0.5, 0.6) is 0 Å². The summed E-state index contributed by atoms with van der Waals surface area (Å²) < 4.78 is 12.6. The van der Waals surface area contributed by atoms with Crippen molar-refractivity contribution >= 4 is 24.4 Å². The summed E-state index contributed by atoms with van der Waals surface area (Å²) in [5, 5.41) is 11.5. The molecule has 0 aromatic heterocycles. The summed E-state index contributed by atoms with van der Waals surface area (Å²) in [6.45, 7) is 1.21. The number of thioether (sulfide) groups is 1. The molecule has 2 nitrogen and oxygen atoms in total. The van der Waals surface area contributed by atoms with Crippen LogP contribution < -0.4 is 5.32 Å². The molecule has 1 saturated heterocycles. The summed E-state index contributed by atoms with van der Waals surface area (Å²) in [7, 11) is 0. The van der Waals surface area contributed by atoms with E-state index in [1.807, 2.05) is 11.8 Å². The van der Waals surface area contributed by atoms with Gasteiger partial charge in [-0.25, -0.2) is 4.39 Å². The van der Waals surface area contributed by atoms with E-state index in [1.165, 1.54) is 30.3 Å². The molecule has 5 heteroatoms. The standard InChI is InChI=1S/C7H4FNS.C3H7NS/c8-6-2-1-3-7(10)5(6)4-9;1-2-5-3-4-1/h1-3,10H;4H,1-3H2. The minimum Gasteiger partial charge on any atom is -0.307 e. The maximum atomic E-state index is 12.6. The molecule has 1 aliphatic heterocycles. The highest BCUT2D eigenvalue weighted by Crippen LogP contribution is 2.14. The number of nitrogens with one attached hydrogen (secondary N) is 1. The Kier molecular flexibility index (Phi) is 5.54. The summed E-state index contributed by atoms with van der Waals surface area (Å²) in [4.78, 5) is 0.377. The SMILES string of the molecule is C1CSCN1.N#Cc1c(F)cccc1S. The number of rotatable bonds is 0. The number of hydrogen-bond acceptors (Lipinski definition) is 4. The average Bonchev–Trinajstić information content (AvgIpc) is 2.76. The number of thiol groups is 1. The Morgan fingerprint density at radius 1 is 1.53 bits per heavy atom. The molecule has 1 fully saturated rings. The molecule has 0 amide bonds. The molecular weight excluding hydrogens is 231 g/mol. The van der Waals surface area contributed by atoms with Crippen molar-refractivity contribution in [3.63, 3.8) is 0 Å². The van der Waals surface area contributed by atoms with E-state index in [-0.39, 0.29) is 5.56 Å². The molecule has 2 rings (SSSR count). The summed E-state index contributed by atoms with van der Waals surface area (Å²) >= 11 is 5.85. The second kappa shape index (κ2) is 6.72. The van der Waals surface area contributed by atoms with Gasteiger partial charge in [0.1, 0.15) is 17.4 Å². The molecule has 0 bridgehead atoms. The largest absolute Gasteiger partial charge is 0.307 e. The third-order valence-electron chi connectivity index (χ3n) is 1.73. The van der Waals surface area contributed by atoms with Gasteiger partial charge in [-0.1, -0.05) is 6.07 Å². The Hall–Kier alpha value is -0.700. The Bertz CT molecular complexity index is 331. The zero-order valence-electron chi connectivity index (χ0n) is 8.03. The van der Waals surface area contributed by atoms with Gasteiger partial charge in [-0.2, -0.15) is 5.26 Å². The quantitative estimate of drug-likeness (QED) is 0.685. The third kappa shape index (κ3) is 4.12. The van der Waals surface area contributed by atoms with E-state index in [0.29, 0.717) is 4.90 Å². The average molecular weight is 242 g/mol. The van der Waals surface area contributed by atoms with E-state index < -0.39 is 5.82 Å². The molecule has 0 atom stereocenters. The number of nitriles is 1. The van der Waals surface area contributed by atoms with Gasteiger partial charge >= 0.3 is 0 Å². The van der Waals surface area contributed by atoms with Crippen LogP contribution in [0.25, 0.3) is 0 Å². The van der Waals surface area contributed by atoms with Gasteiger partial charge in [0.2, 0.25) is 0 Å². The zero-order chi connectivity index (χ0) is 11.1. The lowest BCUT2D eigenvalue weighted by Gasteiger charge is -1.94. The maximum Gasteiger partial charge on any atom is 0.142 e. The van der Waals surface area contributed by atoms with Crippen LogP contribution in [0.1, 0.15) is 5.56 Å². The lowest BCUT2D eigenvalue weighted by Crippen LogP contribution is -2.04. The number of nitrogens with zero attached hydrogens (tertiary/aromatic N) is 1. The van der Waals surface area contributed by atoms with Crippen LogP contribution in [0, 0.1) is 17.1 Å². The first-order valence-electron chi connectivity index (χ1n) is 4.41. The fraction of sp³-hybridized carbons (Fsp3) is 0.300. The van der Waals surface area contributed by atoms with Crippen LogP contribution in [0.3, 0.4) is 0 Å². The second-order valence-corrected chi connectivity index (χ2v) is 4.39. The van der Waals surface area contributed by atoms with Crippen molar-refractivity contribution < 1.29 is 4.39 Å². The van der Waals surface area contributed by atoms with Crippen LogP contribution in [0.4, 0.5) is 4.39 Å². The van der Waals surface area contributed by atoms with Crippen molar-refractivity contribution in [1.29, 1.82) is 5.26 Å². The van der Waals surface area contributed by atoms with Crippen LogP contribution in [-0.2, 0) is 0 Å². The molecule has 0 spiro atoms. The van der Waals surface area contributed by atoms with Gasteiger partial charge in [0.25, 0.3) is 0 Å². The molecule has 0 radical (unpaired) electrons. The lowest BCUT2D eigenvalue weighted by atomic mass is 10.2. The molecule has 0 aliphatic carbocycles. The minimum atomic E-state index is -0.519. The first-order chi connectivity index (χ1) is 7.25. The molecule has 1 N–H and O–H groups in total. The summed E-state index contributed by atoms with van der Waals surface area (Å²) in [5.41, 5.74) is 0.00540. The molecular formula is C10H11FN2S2. The summed E-state index contributed by atoms with van der Waals surface area (Å²) in [6, 6.07) is 6.03. The Morgan fingerprint density at radius 3 is 2.67 bits per heavy atom. The molecule has 15 heavy (non-hydrogen) atoms. The second-order valence-electron chi connectivity index (χ2n) is 2.80. The van der Waals surface area contributed by atoms with Gasteiger partial charge in [0, 0.05) is 23.1 Å². The van der Waals surface area contributed by atoms with Crippen LogP contribution in [0.15, 0.2) is 23.1 Å². The molecule has 0 saturated carbocycles. The fourth-order valence-corrected chi connectivity index (χ4v) is 1.95. The van der Waals surface area contributed by atoms with E-state index in [1.54, 1.807) is 12.1 Å². The smallest absolute Gasteiger partial charge is 0.142 e. The highest BCUT2D eigenvalue weighted by atomic mass is 32.2. The van der Waals surface area contributed by atoms with E-state index in [4.69, 9.17) is 5.26 Å². The first kappa shape index (κ1) is 12.4. The topological polar surface area (TPSA) is 35.8 Å². The number of benzene rings is 1. The number of halogens is 1. The van der Waals surface area contributed by atoms with E-state index >= 15 is 0 Å². The maximum absolute atomic E-state index is 12.6. The summed E-state index contributed by atoms with van der Waals surface area (Å²) in [6.07, 6.45) is 0. The predicted molar refractivity (Wildman–Crippen MR) is 63.7 cm³/mol. The Morgan fingerprint density at radius 2 is 2.33 bits per heavy atom. The molecule has 0 unspecified atom stereocenters. The van der Waals surface area contributed by atoms with Crippen molar-refractivity contribution in [3.05, 3.63) is 29.6 Å². The number of hydrogen-bond donors (Lipinski definition) is 2. The van der Waals surface area contributed by atoms with Gasteiger partial charge in [-0.3, -0.25) is 0 Å². The lowest BCUT2D eigenvalue weighted by molar-refractivity contribution is 0.620. The third-order valence-corrected chi connectivity index (χ3v) is 3.00. The normalized spacial score (nSPS) is 13.9. The van der Waals surface area contributed by atoms with Crippen molar-refractivity contribution in [2.24, 2.45) is 0 Å². The van der Waals surface area contributed by atoms with E-state index in [2.05, 4.69) is 17.9 Å². The van der Waals surface area contributed by atoms with Crippen LogP contribution in [-0.4, -0.2) is 18.2 Å². The summed E-state index contributed by atoms with van der Waals surface area (Å²) in [5.74, 6) is 1.95. The predicted octanol–water partition coefficient (Wildman–Crippen LogP) is 2.27. The molecule has 1 aromatic carbocycles. The van der Waals surface area contributed by atoms with Crippen molar-refractivity contribution in [2.75, 3.05) is 18.2 Å². The van der Waals surface area contributed by atoms with E-state index in [9.17, 15) is 4.39 Å². The van der Waals surface area contributed by atoms with Gasteiger partial charge in [-0.15, -0.1) is 24.4 Å². The molecule has 80 valence electrons. The van der Waals surface area contributed by atoms with Gasteiger partial charge in [0.05, 0.1) is 0 Å². The van der Waals surface area contributed by atoms with Crippen LogP contribution in [0.2, 0.25) is 0 Å². The van der Waals surface area contributed by atoms with Gasteiger partial charge in [0.15, 0.2) is 0 Å². The molecule has 1 aromatic rings. The van der Waals surface area contributed by atoms with Crippen molar-refractivity contribution in [2.45, 2.75) is 4.90 Å². The highest BCUT2D eigenvalue weighted by Gasteiger charge is 2.02. The van der Waals surface area contributed by atoms with Crippen molar-refractivity contribution in [3.8, 4) is 6.07 Å². The van der Waals surface area contributed by atoms with Gasteiger partial charge < -0.3 is 5.32 Å². The Balaban J connectivity index is 0.000000187. The van der Waals surface area contributed by atoms with Crippen molar-refractivity contribution in [1.82, 2.24) is 5.32 Å². The monoisotopic (exact) mass is 242 g/mol. The fourth-order valence-electron chi connectivity index (χ4n) is 0.984. The molecule has 1 heterocycles. The van der Waals surface area contributed by atoms with Gasteiger partial charge in [-0.05, 0) is 12.1 Å². The zero-order valence-corrected chi connectivity index (χ0v) is 9.74. The minimum absolute atomic E-state index is 0.00540. The van der Waals surface area contributed by atoms with Crippen LogP contribution >= 0.6 is 24.4 Å². The first-order valence-corrected chi connectivity index (χ1v) is 6.02. The molecule has 1 aliphatic rings.